The third kappa shape index (κ3) is 6.47. The Labute approximate surface area is 112 Å². The Morgan fingerprint density at radius 2 is 1.80 bits per heavy atom. The van der Waals surface area contributed by atoms with Gasteiger partial charge in [-0.25, -0.2) is 4.99 Å². The maximum absolute atomic E-state index is 11.8. The molecule has 5 N–H and O–H groups in total. The maximum Gasteiger partial charge on any atom is 0.422 e. The first-order valence-electron chi connectivity index (χ1n) is 5.38. The number of rotatable bonds is 3. The lowest BCUT2D eigenvalue weighted by atomic mass is 10.2. The summed E-state index contributed by atoms with van der Waals surface area (Å²) in [5.74, 6) is -0.203. The Balaban J connectivity index is 2.54. The van der Waals surface area contributed by atoms with E-state index in [2.05, 4.69) is 14.7 Å². The highest BCUT2D eigenvalue weighted by molar-refractivity contribution is 5.90. The molecule has 9 heteroatoms. The molecule has 1 rings (SSSR count). The normalized spacial score (nSPS) is 13.3. The molecule has 0 bridgehead atoms. The zero-order valence-corrected chi connectivity index (χ0v) is 10.3. The SMILES string of the molecule is NC(=NCc1ccc(O)cc1)N=C(N)OCC(F)(F)F. The standard InChI is InChI=1S/C11H13F3N4O2/c12-11(13,14)6-20-10(16)18-9(15)17-5-7-1-3-8(19)4-2-7/h1-4,19H,5-6H2,(H4,15,16,17,18). The molecule has 0 fully saturated rings. The van der Waals surface area contributed by atoms with Gasteiger partial charge >= 0.3 is 6.18 Å². The van der Waals surface area contributed by atoms with Gasteiger partial charge in [0.05, 0.1) is 6.54 Å². The van der Waals surface area contributed by atoms with Gasteiger partial charge in [0.1, 0.15) is 5.75 Å². The minimum Gasteiger partial charge on any atom is -0.508 e. The fourth-order valence-electron chi connectivity index (χ4n) is 1.11. The van der Waals surface area contributed by atoms with Gasteiger partial charge in [0.2, 0.25) is 5.96 Å². The number of aliphatic imine (C=N–C) groups is 2. The number of nitrogens with two attached hydrogens (primary N) is 2. The average molecular weight is 290 g/mol. The van der Waals surface area contributed by atoms with Crippen LogP contribution in [0.5, 0.6) is 5.75 Å². The largest absolute Gasteiger partial charge is 0.508 e. The zero-order chi connectivity index (χ0) is 15.2. The van der Waals surface area contributed by atoms with E-state index in [1.807, 2.05) is 0 Å². The number of halogens is 3. The molecule has 0 heterocycles. The minimum absolute atomic E-state index is 0.105. The summed E-state index contributed by atoms with van der Waals surface area (Å²) in [5.41, 5.74) is 11.2. The third-order valence-electron chi connectivity index (χ3n) is 1.97. The van der Waals surface area contributed by atoms with Crippen molar-refractivity contribution in [2.24, 2.45) is 21.5 Å². The predicted octanol–water partition coefficient (Wildman–Crippen LogP) is 1.10. The van der Waals surface area contributed by atoms with Gasteiger partial charge in [-0.3, -0.25) is 0 Å². The molecule has 0 aliphatic carbocycles. The first kappa shape index (κ1) is 15.6. The number of ether oxygens (including phenoxy) is 1. The fraction of sp³-hybridized carbons (Fsp3) is 0.273. The Hall–Kier alpha value is -2.45. The van der Waals surface area contributed by atoms with Gasteiger partial charge in [0.25, 0.3) is 6.02 Å². The summed E-state index contributed by atoms with van der Waals surface area (Å²) < 4.78 is 39.7. The molecule has 1 aromatic rings. The van der Waals surface area contributed by atoms with E-state index in [4.69, 9.17) is 16.6 Å². The molecular formula is C11H13F3N4O2. The average Bonchev–Trinajstić information content (AvgIpc) is 2.35. The molecule has 0 spiro atoms. The number of phenolic OH excluding ortho intramolecular Hbond substituents is 1. The van der Waals surface area contributed by atoms with E-state index in [0.29, 0.717) is 0 Å². The van der Waals surface area contributed by atoms with Crippen molar-refractivity contribution in [3.8, 4) is 5.75 Å². The van der Waals surface area contributed by atoms with Gasteiger partial charge in [-0.15, -0.1) is 0 Å². The summed E-state index contributed by atoms with van der Waals surface area (Å²) in [4.78, 5) is 7.16. The van der Waals surface area contributed by atoms with Gasteiger partial charge in [0, 0.05) is 0 Å². The number of hydrogen-bond donors (Lipinski definition) is 3. The summed E-state index contributed by atoms with van der Waals surface area (Å²) in [6.07, 6.45) is -4.50. The number of nitrogens with zero attached hydrogens (tertiary/aromatic N) is 2. The number of amidine groups is 1. The quantitative estimate of drug-likeness (QED) is 0.572. The van der Waals surface area contributed by atoms with Crippen LogP contribution in [0.25, 0.3) is 0 Å². The van der Waals surface area contributed by atoms with Crippen LogP contribution < -0.4 is 11.5 Å². The lowest BCUT2D eigenvalue weighted by Crippen LogP contribution is -2.27. The summed E-state index contributed by atoms with van der Waals surface area (Å²) >= 11 is 0. The highest BCUT2D eigenvalue weighted by atomic mass is 19.4. The lowest BCUT2D eigenvalue weighted by molar-refractivity contribution is -0.156. The second kappa shape index (κ2) is 6.64. The smallest absolute Gasteiger partial charge is 0.422 e. The van der Waals surface area contributed by atoms with E-state index in [9.17, 15) is 13.2 Å². The van der Waals surface area contributed by atoms with Gasteiger partial charge in [-0.05, 0) is 17.7 Å². The number of benzene rings is 1. The van der Waals surface area contributed by atoms with Crippen LogP contribution in [0.1, 0.15) is 5.56 Å². The van der Waals surface area contributed by atoms with E-state index in [-0.39, 0.29) is 18.3 Å². The zero-order valence-electron chi connectivity index (χ0n) is 10.3. The fourth-order valence-corrected chi connectivity index (χ4v) is 1.11. The molecule has 0 atom stereocenters. The number of hydrogen-bond acceptors (Lipinski definition) is 3. The molecule has 6 nitrogen and oxygen atoms in total. The summed E-state index contributed by atoms with van der Waals surface area (Å²) in [6, 6.07) is 5.43. The van der Waals surface area contributed by atoms with Crippen LogP contribution in [0.15, 0.2) is 34.3 Å². The van der Waals surface area contributed by atoms with Crippen molar-refractivity contribution < 1.29 is 23.0 Å². The van der Waals surface area contributed by atoms with Crippen LogP contribution in [0.3, 0.4) is 0 Å². The number of aromatic hydroxyl groups is 1. The first-order chi connectivity index (χ1) is 9.26. The van der Waals surface area contributed by atoms with Crippen LogP contribution in [0, 0.1) is 0 Å². The molecule has 0 aromatic heterocycles. The summed E-state index contributed by atoms with van der Waals surface area (Å²) in [7, 11) is 0. The second-order valence-corrected chi connectivity index (χ2v) is 3.69. The molecular weight excluding hydrogens is 277 g/mol. The number of phenols is 1. The maximum atomic E-state index is 11.8. The Kier molecular flexibility index (Phi) is 5.18. The predicted molar refractivity (Wildman–Crippen MR) is 67.1 cm³/mol. The van der Waals surface area contributed by atoms with Crippen molar-refractivity contribution in [1.29, 1.82) is 0 Å². The van der Waals surface area contributed by atoms with Gasteiger partial charge in [-0.2, -0.15) is 18.2 Å². The van der Waals surface area contributed by atoms with E-state index < -0.39 is 18.8 Å². The Morgan fingerprint density at radius 3 is 2.35 bits per heavy atom. The van der Waals surface area contributed by atoms with Crippen molar-refractivity contribution in [3.05, 3.63) is 29.8 Å². The topological polar surface area (TPSA) is 106 Å². The minimum atomic E-state index is -4.50. The molecule has 0 radical (unpaired) electrons. The van der Waals surface area contributed by atoms with E-state index in [1.54, 1.807) is 12.1 Å². The van der Waals surface area contributed by atoms with E-state index in [1.165, 1.54) is 12.1 Å². The number of alkyl halides is 3. The molecule has 0 unspecified atom stereocenters. The Bertz CT molecular complexity index is 497. The van der Waals surface area contributed by atoms with Gasteiger partial charge in [-0.1, -0.05) is 12.1 Å². The van der Waals surface area contributed by atoms with Crippen LogP contribution in [0.2, 0.25) is 0 Å². The van der Waals surface area contributed by atoms with Crippen LogP contribution >= 0.6 is 0 Å². The molecule has 0 saturated heterocycles. The highest BCUT2D eigenvalue weighted by Gasteiger charge is 2.28. The van der Waals surface area contributed by atoms with Crippen molar-refractivity contribution in [3.63, 3.8) is 0 Å². The monoisotopic (exact) mass is 290 g/mol. The number of guanidine groups is 1. The molecule has 1 aromatic carbocycles. The van der Waals surface area contributed by atoms with E-state index in [0.717, 1.165) is 5.56 Å². The molecule has 0 amide bonds. The summed E-state index contributed by atoms with van der Waals surface area (Å²) in [5, 5.41) is 9.07. The van der Waals surface area contributed by atoms with Crippen LogP contribution in [0.4, 0.5) is 13.2 Å². The molecule has 0 aliphatic heterocycles. The van der Waals surface area contributed by atoms with Gasteiger partial charge < -0.3 is 21.3 Å². The van der Waals surface area contributed by atoms with E-state index >= 15 is 0 Å². The Morgan fingerprint density at radius 1 is 1.20 bits per heavy atom. The highest BCUT2D eigenvalue weighted by Crippen LogP contribution is 2.14. The third-order valence-corrected chi connectivity index (χ3v) is 1.97. The van der Waals surface area contributed by atoms with Gasteiger partial charge in [0.15, 0.2) is 6.61 Å². The van der Waals surface area contributed by atoms with Crippen molar-refractivity contribution in [1.82, 2.24) is 0 Å². The van der Waals surface area contributed by atoms with Crippen LogP contribution in [-0.2, 0) is 11.3 Å². The molecule has 110 valence electrons. The van der Waals surface area contributed by atoms with Crippen molar-refractivity contribution in [2.75, 3.05) is 6.61 Å². The summed E-state index contributed by atoms with van der Waals surface area (Å²) in [6.45, 7) is -1.41. The molecule has 0 saturated carbocycles. The molecule has 0 aliphatic rings. The second-order valence-electron chi connectivity index (χ2n) is 3.69. The van der Waals surface area contributed by atoms with Crippen LogP contribution in [-0.4, -0.2) is 29.9 Å². The molecule has 20 heavy (non-hydrogen) atoms. The lowest BCUT2D eigenvalue weighted by Gasteiger charge is -2.07. The van der Waals surface area contributed by atoms with Crippen molar-refractivity contribution >= 4 is 12.0 Å². The van der Waals surface area contributed by atoms with Crippen molar-refractivity contribution in [2.45, 2.75) is 12.7 Å². The first-order valence-corrected chi connectivity index (χ1v) is 5.38.